The second-order valence-corrected chi connectivity index (χ2v) is 6.72. The fraction of sp³-hybridized carbons (Fsp3) is 0.947. The van der Waals surface area contributed by atoms with Crippen molar-refractivity contribution in [1.29, 1.82) is 0 Å². The van der Waals surface area contributed by atoms with Gasteiger partial charge in [-0.25, -0.2) is 4.79 Å². The average molecular weight is 375 g/mol. The Morgan fingerprint density at radius 1 is 0.846 bits per heavy atom. The Labute approximate surface area is 158 Å². The van der Waals surface area contributed by atoms with Gasteiger partial charge >= 0.3 is 6.09 Å². The van der Waals surface area contributed by atoms with Crippen molar-refractivity contribution in [3.05, 3.63) is 0 Å². The van der Waals surface area contributed by atoms with Crippen LogP contribution in [0.4, 0.5) is 4.79 Å². The maximum atomic E-state index is 11.7. The third-order valence-corrected chi connectivity index (χ3v) is 4.68. The molecule has 0 radical (unpaired) electrons. The lowest BCUT2D eigenvalue weighted by Gasteiger charge is -2.08. The highest BCUT2D eigenvalue weighted by molar-refractivity contribution is 5.67. The Morgan fingerprint density at radius 2 is 1.38 bits per heavy atom. The van der Waals surface area contributed by atoms with Crippen LogP contribution in [0, 0.1) is 17.8 Å². The van der Waals surface area contributed by atoms with Crippen LogP contribution in [0.2, 0.25) is 0 Å². The summed E-state index contributed by atoms with van der Waals surface area (Å²) in [4.78, 5) is 11.7. The van der Waals surface area contributed by atoms with Crippen molar-refractivity contribution in [3.8, 4) is 0 Å². The quantitative estimate of drug-likeness (QED) is 0.379. The van der Waals surface area contributed by atoms with E-state index in [9.17, 15) is 4.79 Å². The zero-order valence-electron chi connectivity index (χ0n) is 16.5. The van der Waals surface area contributed by atoms with Gasteiger partial charge in [-0.05, 0) is 17.8 Å². The van der Waals surface area contributed by atoms with Crippen molar-refractivity contribution in [3.63, 3.8) is 0 Å². The van der Waals surface area contributed by atoms with Crippen molar-refractivity contribution in [2.45, 2.75) is 39.5 Å². The van der Waals surface area contributed by atoms with E-state index in [0.29, 0.717) is 65.3 Å². The van der Waals surface area contributed by atoms with Gasteiger partial charge in [0.05, 0.1) is 46.2 Å². The summed E-state index contributed by atoms with van der Waals surface area (Å²) in [7, 11) is 0. The maximum absolute atomic E-state index is 11.7. The minimum Gasteiger partial charge on any atom is -0.449 e. The Hall–Kier alpha value is -0.890. The molecule has 1 saturated carbocycles. The second kappa shape index (κ2) is 15.2. The Kier molecular flexibility index (Phi) is 13.5. The van der Waals surface area contributed by atoms with E-state index < -0.39 is 0 Å². The van der Waals surface area contributed by atoms with Crippen molar-refractivity contribution in [1.82, 2.24) is 5.32 Å². The van der Waals surface area contributed by atoms with E-state index in [0.717, 1.165) is 11.8 Å². The first-order valence-electron chi connectivity index (χ1n) is 10.1. The topological polar surface area (TPSA) is 92.0 Å². The summed E-state index contributed by atoms with van der Waals surface area (Å²) in [5.74, 6) is 2.05. The normalized spacial score (nSPS) is 21.6. The number of amides is 1. The molecule has 0 aliphatic heterocycles. The molecule has 1 aliphatic carbocycles. The molecule has 3 atom stereocenters. The highest BCUT2D eigenvalue weighted by Crippen LogP contribution is 2.51. The van der Waals surface area contributed by atoms with E-state index in [1.165, 1.54) is 25.7 Å². The summed E-state index contributed by atoms with van der Waals surface area (Å²) in [6.45, 7) is 9.03. The summed E-state index contributed by atoms with van der Waals surface area (Å²) in [5.41, 5.74) is 5.31. The van der Waals surface area contributed by atoms with Crippen molar-refractivity contribution < 1.29 is 23.7 Å². The molecular formula is C19H38N2O5. The number of ether oxygens (including phenoxy) is 4. The lowest BCUT2D eigenvalue weighted by molar-refractivity contribution is 0.0165. The fourth-order valence-corrected chi connectivity index (χ4v) is 3.37. The number of hydrogen-bond donors (Lipinski definition) is 2. The summed E-state index contributed by atoms with van der Waals surface area (Å²) in [5, 5.41) is 2.73. The second-order valence-electron chi connectivity index (χ2n) is 6.72. The third-order valence-electron chi connectivity index (χ3n) is 4.68. The number of carbonyl (C=O) groups is 1. The fourth-order valence-electron chi connectivity index (χ4n) is 3.37. The molecule has 0 aromatic carbocycles. The van der Waals surface area contributed by atoms with Crippen molar-refractivity contribution in [2.24, 2.45) is 23.5 Å². The molecule has 0 heterocycles. The van der Waals surface area contributed by atoms with Gasteiger partial charge in [-0.15, -0.1) is 0 Å². The van der Waals surface area contributed by atoms with Crippen molar-refractivity contribution in [2.75, 3.05) is 59.3 Å². The van der Waals surface area contributed by atoms with Gasteiger partial charge in [-0.1, -0.05) is 39.5 Å². The first kappa shape index (κ1) is 23.1. The molecule has 0 spiro atoms. The summed E-state index contributed by atoms with van der Waals surface area (Å²) in [6.07, 6.45) is 4.55. The maximum Gasteiger partial charge on any atom is 0.407 e. The Balaban J connectivity index is 1.90. The van der Waals surface area contributed by atoms with E-state index in [2.05, 4.69) is 19.2 Å². The predicted octanol–water partition coefficient (Wildman–Crippen LogP) is 2.18. The van der Waals surface area contributed by atoms with Crippen LogP contribution in [0.15, 0.2) is 0 Å². The van der Waals surface area contributed by atoms with Crippen LogP contribution in [0.3, 0.4) is 0 Å². The zero-order valence-corrected chi connectivity index (χ0v) is 16.5. The molecule has 0 saturated heterocycles. The number of nitrogens with one attached hydrogen (secondary N) is 1. The number of nitrogens with two attached hydrogens (primary N) is 1. The lowest BCUT2D eigenvalue weighted by atomic mass is 10.1. The smallest absolute Gasteiger partial charge is 0.407 e. The molecule has 1 aliphatic rings. The highest BCUT2D eigenvalue weighted by Gasteiger charge is 2.48. The van der Waals surface area contributed by atoms with Crippen molar-refractivity contribution >= 4 is 6.09 Å². The Morgan fingerprint density at radius 3 is 1.92 bits per heavy atom. The first-order valence-corrected chi connectivity index (χ1v) is 10.1. The summed E-state index contributed by atoms with van der Waals surface area (Å²) in [6, 6.07) is 0. The highest BCUT2D eigenvalue weighted by atomic mass is 16.6. The third kappa shape index (κ3) is 10.3. The molecule has 0 aromatic heterocycles. The van der Waals surface area contributed by atoms with Gasteiger partial charge in [0.15, 0.2) is 0 Å². The van der Waals surface area contributed by atoms with Crippen LogP contribution in [0.5, 0.6) is 0 Å². The molecule has 7 heteroatoms. The molecule has 1 rings (SSSR count). The van der Waals surface area contributed by atoms with Gasteiger partial charge in [-0.3, -0.25) is 0 Å². The summed E-state index contributed by atoms with van der Waals surface area (Å²) >= 11 is 0. The SMILES string of the molecule is CCC[C@@H]1C(COC(=O)NCCOCCOCCOCCN)[C@@H]1CCC. The minimum absolute atomic E-state index is 0.348. The van der Waals surface area contributed by atoms with Gasteiger partial charge in [-0.2, -0.15) is 0 Å². The van der Waals surface area contributed by atoms with Crippen LogP contribution in [-0.4, -0.2) is 65.4 Å². The van der Waals surface area contributed by atoms with E-state index in [1.807, 2.05) is 0 Å². The van der Waals surface area contributed by atoms with Gasteiger partial charge in [0.2, 0.25) is 0 Å². The molecule has 26 heavy (non-hydrogen) atoms. The lowest BCUT2D eigenvalue weighted by Crippen LogP contribution is -2.29. The molecule has 1 unspecified atom stereocenters. The van der Waals surface area contributed by atoms with E-state index in [-0.39, 0.29) is 6.09 Å². The minimum atomic E-state index is -0.348. The molecule has 1 fully saturated rings. The summed E-state index contributed by atoms with van der Waals surface area (Å²) < 4.78 is 21.3. The molecule has 154 valence electrons. The number of rotatable bonds is 17. The number of alkyl carbamates (subject to hydrolysis) is 1. The molecular weight excluding hydrogens is 336 g/mol. The largest absolute Gasteiger partial charge is 0.449 e. The van der Waals surface area contributed by atoms with Crippen LogP contribution in [0.1, 0.15) is 39.5 Å². The van der Waals surface area contributed by atoms with E-state index in [1.54, 1.807) is 0 Å². The first-order chi connectivity index (χ1) is 12.7. The zero-order chi connectivity index (χ0) is 19.0. The van der Waals surface area contributed by atoms with Crippen LogP contribution in [0.25, 0.3) is 0 Å². The molecule has 1 amide bonds. The molecule has 7 nitrogen and oxygen atoms in total. The Bertz CT molecular complexity index is 345. The van der Waals surface area contributed by atoms with Gasteiger partial charge in [0, 0.05) is 13.1 Å². The standard InChI is InChI=1S/C19H38N2O5/c1-3-5-16-17(6-4-2)18(16)15-26-19(22)21-8-10-24-12-14-25-13-11-23-9-7-20/h16-18H,3-15,20H2,1-2H3,(H,21,22)/t16-,17+,18?. The number of hydrogen-bond acceptors (Lipinski definition) is 6. The predicted molar refractivity (Wildman–Crippen MR) is 101 cm³/mol. The van der Waals surface area contributed by atoms with Gasteiger partial charge in [0.1, 0.15) is 0 Å². The van der Waals surface area contributed by atoms with Crippen LogP contribution in [-0.2, 0) is 18.9 Å². The van der Waals surface area contributed by atoms with Crippen LogP contribution < -0.4 is 11.1 Å². The van der Waals surface area contributed by atoms with E-state index in [4.69, 9.17) is 24.7 Å². The molecule has 0 bridgehead atoms. The molecule has 3 N–H and O–H groups in total. The van der Waals surface area contributed by atoms with Gasteiger partial charge in [0.25, 0.3) is 0 Å². The average Bonchev–Trinajstić information content (AvgIpc) is 3.29. The monoisotopic (exact) mass is 374 g/mol. The van der Waals surface area contributed by atoms with Crippen LogP contribution >= 0.6 is 0 Å². The van der Waals surface area contributed by atoms with Gasteiger partial charge < -0.3 is 30.0 Å². The number of carbonyl (C=O) groups excluding carboxylic acids is 1. The van der Waals surface area contributed by atoms with E-state index >= 15 is 0 Å². The molecule has 0 aromatic rings.